The molecule has 3 radical (unpaired) electrons. The van der Waals surface area contributed by atoms with Gasteiger partial charge in [0.25, 0.3) is 0 Å². The Morgan fingerprint density at radius 2 is 1.40 bits per heavy atom. The Bertz CT molecular complexity index is 209. The molecule has 0 atom stereocenters. The van der Waals surface area contributed by atoms with Crippen LogP contribution in [0.25, 0.3) is 0 Å². The molecular weight excluding hydrogens is 248 g/mol. The van der Waals surface area contributed by atoms with E-state index in [0.29, 0.717) is 6.07 Å². The first kappa shape index (κ1) is 7.91. The first-order valence-corrected chi connectivity index (χ1v) is 3.90. The van der Waals surface area contributed by atoms with Gasteiger partial charge in [-0.2, -0.15) is 0 Å². The van der Waals surface area contributed by atoms with E-state index in [1.54, 1.807) is 0 Å². The van der Waals surface area contributed by atoms with Crippen molar-refractivity contribution in [3.63, 3.8) is 0 Å². The van der Waals surface area contributed by atoms with E-state index in [1.165, 1.54) is 0 Å². The molecule has 0 bridgehead atoms. The molecule has 0 fully saturated rings. The molecule has 0 spiro atoms. The van der Waals surface area contributed by atoms with Crippen LogP contribution in [0.4, 0.5) is 13.2 Å². The molecule has 0 amide bonds. The summed E-state index contributed by atoms with van der Waals surface area (Å²) in [5, 5.41) is 0. The third kappa shape index (κ3) is 1.45. The van der Waals surface area contributed by atoms with Crippen molar-refractivity contribution in [1.29, 1.82) is 0 Å². The second-order valence-corrected chi connectivity index (χ2v) is 3.28. The molecule has 10 heavy (non-hydrogen) atoms. The zero-order valence-corrected chi connectivity index (χ0v) is 7.64. The van der Waals surface area contributed by atoms with Gasteiger partial charge in [-0.1, -0.05) is 0 Å². The second kappa shape index (κ2) is 2.82. The second-order valence-electron chi connectivity index (χ2n) is 1.75. The number of hydrogen-bond donors (Lipinski definition) is 0. The van der Waals surface area contributed by atoms with Gasteiger partial charge in [0, 0.05) is 0 Å². The van der Waals surface area contributed by atoms with Gasteiger partial charge in [-0.05, 0) is 0 Å². The molecule has 0 aromatic heterocycles. The quantitative estimate of drug-likeness (QED) is 0.474. The zero-order chi connectivity index (χ0) is 7.72. The number of halogens is 3. The molecule has 0 aliphatic carbocycles. The molecular formula is C6H2F3Sn. The molecule has 1 rings (SSSR count). The molecule has 0 nitrogen and oxygen atoms in total. The van der Waals surface area contributed by atoms with Gasteiger partial charge in [0.2, 0.25) is 0 Å². The van der Waals surface area contributed by atoms with E-state index in [9.17, 15) is 13.2 Å². The molecule has 0 saturated heterocycles. The van der Waals surface area contributed by atoms with E-state index in [-0.39, 0.29) is 3.58 Å². The van der Waals surface area contributed by atoms with Crippen molar-refractivity contribution in [1.82, 2.24) is 0 Å². The van der Waals surface area contributed by atoms with Crippen LogP contribution in [0.2, 0.25) is 0 Å². The first-order chi connectivity index (χ1) is 4.61. The van der Waals surface area contributed by atoms with Crippen LogP contribution in [0.1, 0.15) is 0 Å². The Morgan fingerprint density at radius 3 is 1.90 bits per heavy atom. The van der Waals surface area contributed by atoms with Crippen LogP contribution < -0.4 is 3.58 Å². The molecule has 0 saturated carbocycles. The van der Waals surface area contributed by atoms with Crippen molar-refractivity contribution in [2.45, 2.75) is 0 Å². The summed E-state index contributed by atoms with van der Waals surface area (Å²) in [5.74, 6) is -2.81. The van der Waals surface area contributed by atoms with E-state index in [4.69, 9.17) is 0 Å². The minimum absolute atomic E-state index is 0.200. The molecule has 0 aliphatic rings. The Kier molecular flexibility index (Phi) is 2.23. The topological polar surface area (TPSA) is 0 Å². The number of hydrogen-bond acceptors (Lipinski definition) is 0. The fourth-order valence-corrected chi connectivity index (χ4v) is 1.09. The monoisotopic (exact) mass is 251 g/mol. The van der Waals surface area contributed by atoms with Gasteiger partial charge in [0.05, 0.1) is 0 Å². The van der Waals surface area contributed by atoms with E-state index >= 15 is 0 Å². The average Bonchev–Trinajstić information content (AvgIpc) is 1.84. The summed E-state index contributed by atoms with van der Waals surface area (Å²) >= 11 is 0.737. The van der Waals surface area contributed by atoms with E-state index in [1.807, 2.05) is 0 Å². The third-order valence-corrected chi connectivity index (χ3v) is 2.10. The number of benzene rings is 1. The van der Waals surface area contributed by atoms with Crippen molar-refractivity contribution < 1.29 is 13.2 Å². The van der Waals surface area contributed by atoms with Crippen molar-refractivity contribution in [2.75, 3.05) is 0 Å². The van der Waals surface area contributed by atoms with Crippen molar-refractivity contribution >= 4 is 26.1 Å². The van der Waals surface area contributed by atoms with Gasteiger partial charge in [0.15, 0.2) is 0 Å². The molecule has 0 N–H and O–H groups in total. The molecule has 51 valence electrons. The van der Waals surface area contributed by atoms with Gasteiger partial charge in [-0.25, -0.2) is 0 Å². The average molecular weight is 250 g/mol. The minimum atomic E-state index is -1.14. The third-order valence-electron chi connectivity index (χ3n) is 1.01. The Labute approximate surface area is 69.1 Å². The summed E-state index contributed by atoms with van der Waals surface area (Å²) in [5.41, 5.74) is 0. The predicted octanol–water partition coefficient (Wildman–Crippen LogP) is 0.898. The van der Waals surface area contributed by atoms with Crippen LogP contribution in [-0.2, 0) is 0 Å². The van der Waals surface area contributed by atoms with Gasteiger partial charge >= 0.3 is 68.9 Å². The first-order valence-electron chi connectivity index (χ1n) is 2.47. The summed E-state index contributed by atoms with van der Waals surface area (Å²) in [6.07, 6.45) is 0. The van der Waals surface area contributed by atoms with Crippen LogP contribution in [-0.4, -0.2) is 22.5 Å². The molecule has 4 heteroatoms. The Balaban J connectivity index is 3.28. The summed E-state index contributed by atoms with van der Waals surface area (Å²) < 4.78 is 37.0. The fourth-order valence-electron chi connectivity index (χ4n) is 0.523. The molecule has 0 heterocycles. The maximum atomic E-state index is 12.4. The maximum absolute atomic E-state index is 12.4. The zero-order valence-electron chi connectivity index (χ0n) is 4.79. The van der Waals surface area contributed by atoms with Crippen LogP contribution >= 0.6 is 0 Å². The molecule has 1 aromatic carbocycles. The van der Waals surface area contributed by atoms with Gasteiger partial charge in [-0.3, -0.25) is 0 Å². The Morgan fingerprint density at radius 1 is 0.900 bits per heavy atom. The van der Waals surface area contributed by atoms with Crippen molar-refractivity contribution in [2.24, 2.45) is 0 Å². The van der Waals surface area contributed by atoms with Crippen molar-refractivity contribution in [3.8, 4) is 0 Å². The number of rotatable bonds is 0. The van der Waals surface area contributed by atoms with Crippen LogP contribution in [0.3, 0.4) is 0 Å². The molecule has 1 aromatic rings. The van der Waals surface area contributed by atoms with E-state index in [0.717, 1.165) is 28.6 Å². The van der Waals surface area contributed by atoms with Gasteiger partial charge in [-0.15, -0.1) is 0 Å². The van der Waals surface area contributed by atoms with Crippen molar-refractivity contribution in [3.05, 3.63) is 29.6 Å². The SMILES string of the molecule is Fc1cc(F)[c]([Sn])cc1F. The van der Waals surface area contributed by atoms with E-state index in [2.05, 4.69) is 0 Å². The molecule has 0 unspecified atom stereocenters. The standard InChI is InChI=1S/C6H2F3.Sn/c7-4-1-2-5(8)6(9)3-4;/h2-3H;. The summed E-state index contributed by atoms with van der Waals surface area (Å²) in [4.78, 5) is 0. The van der Waals surface area contributed by atoms with Gasteiger partial charge < -0.3 is 0 Å². The summed E-state index contributed by atoms with van der Waals surface area (Å²) in [6, 6.07) is 1.42. The van der Waals surface area contributed by atoms with Crippen LogP contribution in [0.5, 0.6) is 0 Å². The summed E-state index contributed by atoms with van der Waals surface area (Å²) in [7, 11) is 0. The van der Waals surface area contributed by atoms with Gasteiger partial charge in [0.1, 0.15) is 0 Å². The summed E-state index contributed by atoms with van der Waals surface area (Å²) in [6.45, 7) is 0. The normalized spacial score (nSPS) is 10.0. The van der Waals surface area contributed by atoms with Crippen LogP contribution in [0, 0.1) is 17.5 Å². The fraction of sp³-hybridized carbons (Fsp3) is 0. The Hall–Kier alpha value is -0.191. The van der Waals surface area contributed by atoms with E-state index < -0.39 is 17.5 Å². The predicted molar refractivity (Wildman–Crippen MR) is 31.7 cm³/mol. The van der Waals surface area contributed by atoms with Crippen LogP contribution in [0.15, 0.2) is 12.1 Å². The molecule has 0 aliphatic heterocycles.